The highest BCUT2D eigenvalue weighted by atomic mass is 16.5. The predicted octanol–water partition coefficient (Wildman–Crippen LogP) is 1.11. The van der Waals surface area contributed by atoms with Crippen LogP contribution >= 0.6 is 0 Å². The van der Waals surface area contributed by atoms with Crippen LogP contribution in [0.3, 0.4) is 0 Å². The van der Waals surface area contributed by atoms with E-state index in [-0.39, 0.29) is 0 Å². The Balaban J connectivity index is 2.33. The standard InChI is InChI=1S/C10H17N3O/c1-4-13-7-10(6-12-13)5-11-9(2)8-14-3/h4,6-7,9,11H,1,5,8H2,2-3H3. The van der Waals surface area contributed by atoms with Crippen LogP contribution in [-0.4, -0.2) is 29.5 Å². The van der Waals surface area contributed by atoms with Crippen LogP contribution in [0, 0.1) is 0 Å². The van der Waals surface area contributed by atoms with Crippen molar-refractivity contribution >= 4 is 6.20 Å². The molecule has 78 valence electrons. The lowest BCUT2D eigenvalue weighted by atomic mass is 10.3. The van der Waals surface area contributed by atoms with Crippen molar-refractivity contribution in [3.05, 3.63) is 24.5 Å². The van der Waals surface area contributed by atoms with Crippen LogP contribution in [0.25, 0.3) is 6.20 Å². The van der Waals surface area contributed by atoms with Crippen molar-refractivity contribution in [1.29, 1.82) is 0 Å². The maximum Gasteiger partial charge on any atom is 0.0613 e. The van der Waals surface area contributed by atoms with E-state index in [1.54, 1.807) is 18.0 Å². The van der Waals surface area contributed by atoms with Crippen molar-refractivity contribution in [1.82, 2.24) is 15.1 Å². The molecule has 0 bridgehead atoms. The highest BCUT2D eigenvalue weighted by Gasteiger charge is 2.01. The lowest BCUT2D eigenvalue weighted by Crippen LogP contribution is -2.29. The molecule has 0 spiro atoms. The zero-order valence-electron chi connectivity index (χ0n) is 8.73. The van der Waals surface area contributed by atoms with Gasteiger partial charge in [0.1, 0.15) is 0 Å². The SMILES string of the molecule is C=Cn1cc(CNC(C)COC)cn1. The number of methoxy groups -OCH3 is 1. The normalized spacial score (nSPS) is 12.7. The van der Waals surface area contributed by atoms with Crippen LogP contribution < -0.4 is 5.32 Å². The summed E-state index contributed by atoms with van der Waals surface area (Å²) in [4.78, 5) is 0. The Morgan fingerprint density at radius 2 is 2.57 bits per heavy atom. The minimum absolute atomic E-state index is 0.354. The minimum atomic E-state index is 0.354. The molecule has 4 nitrogen and oxygen atoms in total. The van der Waals surface area contributed by atoms with Gasteiger partial charge in [0.05, 0.1) is 12.8 Å². The molecule has 0 radical (unpaired) electrons. The van der Waals surface area contributed by atoms with Crippen LogP contribution in [0.2, 0.25) is 0 Å². The number of hydrogen-bond acceptors (Lipinski definition) is 3. The van der Waals surface area contributed by atoms with E-state index < -0.39 is 0 Å². The average Bonchev–Trinajstić information content (AvgIpc) is 2.63. The van der Waals surface area contributed by atoms with Gasteiger partial charge in [-0.2, -0.15) is 5.10 Å². The molecule has 1 aromatic rings. The van der Waals surface area contributed by atoms with Gasteiger partial charge in [-0.15, -0.1) is 0 Å². The highest BCUT2D eigenvalue weighted by Crippen LogP contribution is 1.97. The van der Waals surface area contributed by atoms with E-state index in [1.165, 1.54) is 0 Å². The first kappa shape index (κ1) is 10.9. The van der Waals surface area contributed by atoms with Gasteiger partial charge in [-0.25, -0.2) is 4.68 Å². The summed E-state index contributed by atoms with van der Waals surface area (Å²) in [6.45, 7) is 7.24. The molecule has 0 fully saturated rings. The number of ether oxygens (including phenoxy) is 1. The molecule has 1 aromatic heterocycles. The molecule has 4 heteroatoms. The van der Waals surface area contributed by atoms with E-state index >= 15 is 0 Å². The molecular formula is C10H17N3O. The summed E-state index contributed by atoms with van der Waals surface area (Å²) in [6, 6.07) is 0.354. The molecular weight excluding hydrogens is 178 g/mol. The number of nitrogens with one attached hydrogen (secondary N) is 1. The first-order valence-electron chi connectivity index (χ1n) is 4.64. The fraction of sp³-hybridized carbons (Fsp3) is 0.500. The molecule has 1 unspecified atom stereocenters. The zero-order chi connectivity index (χ0) is 10.4. The van der Waals surface area contributed by atoms with Gasteiger partial charge in [0.2, 0.25) is 0 Å². The molecule has 0 saturated heterocycles. The fourth-order valence-corrected chi connectivity index (χ4v) is 1.17. The molecule has 14 heavy (non-hydrogen) atoms. The van der Waals surface area contributed by atoms with Crippen LogP contribution in [0.5, 0.6) is 0 Å². The van der Waals surface area contributed by atoms with Crippen molar-refractivity contribution in [3.8, 4) is 0 Å². The van der Waals surface area contributed by atoms with Crippen molar-refractivity contribution in [2.24, 2.45) is 0 Å². The third kappa shape index (κ3) is 3.32. The van der Waals surface area contributed by atoms with Gasteiger partial charge in [0, 0.05) is 37.7 Å². The Kier molecular flexibility index (Phi) is 4.35. The van der Waals surface area contributed by atoms with Gasteiger partial charge in [-0.3, -0.25) is 0 Å². The zero-order valence-corrected chi connectivity index (χ0v) is 8.73. The number of rotatable bonds is 6. The van der Waals surface area contributed by atoms with E-state index in [1.807, 2.05) is 12.4 Å². The molecule has 0 saturated carbocycles. The molecule has 1 atom stereocenters. The van der Waals surface area contributed by atoms with Crippen molar-refractivity contribution in [2.45, 2.75) is 19.5 Å². The average molecular weight is 195 g/mol. The maximum absolute atomic E-state index is 5.02. The molecule has 0 aromatic carbocycles. The molecule has 0 aliphatic carbocycles. The fourth-order valence-electron chi connectivity index (χ4n) is 1.17. The largest absolute Gasteiger partial charge is 0.383 e. The van der Waals surface area contributed by atoms with E-state index in [4.69, 9.17) is 4.74 Å². The first-order chi connectivity index (χ1) is 6.76. The smallest absolute Gasteiger partial charge is 0.0613 e. The topological polar surface area (TPSA) is 39.1 Å². The Hall–Kier alpha value is -1.13. The van der Waals surface area contributed by atoms with Gasteiger partial charge in [0.25, 0.3) is 0 Å². The van der Waals surface area contributed by atoms with Crippen LogP contribution in [0.15, 0.2) is 19.0 Å². The first-order valence-corrected chi connectivity index (χ1v) is 4.64. The van der Waals surface area contributed by atoms with Gasteiger partial charge in [-0.05, 0) is 6.92 Å². The van der Waals surface area contributed by atoms with E-state index in [0.717, 1.165) is 18.7 Å². The quantitative estimate of drug-likeness (QED) is 0.739. The molecule has 0 amide bonds. The van der Waals surface area contributed by atoms with Gasteiger partial charge >= 0.3 is 0 Å². The highest BCUT2D eigenvalue weighted by molar-refractivity contribution is 5.17. The number of nitrogens with zero attached hydrogens (tertiary/aromatic N) is 2. The molecule has 0 aliphatic heterocycles. The summed E-state index contributed by atoms with van der Waals surface area (Å²) in [5, 5.41) is 7.41. The van der Waals surface area contributed by atoms with Crippen molar-refractivity contribution < 1.29 is 4.74 Å². The second kappa shape index (κ2) is 5.57. The number of hydrogen-bond donors (Lipinski definition) is 1. The minimum Gasteiger partial charge on any atom is -0.383 e. The third-order valence-electron chi connectivity index (χ3n) is 1.91. The second-order valence-electron chi connectivity index (χ2n) is 3.25. The van der Waals surface area contributed by atoms with Gasteiger partial charge < -0.3 is 10.1 Å². The number of aromatic nitrogens is 2. The lowest BCUT2D eigenvalue weighted by Gasteiger charge is -2.10. The molecule has 1 heterocycles. The lowest BCUT2D eigenvalue weighted by molar-refractivity contribution is 0.171. The summed E-state index contributed by atoms with van der Waals surface area (Å²) >= 11 is 0. The Labute approximate surface area is 84.6 Å². The van der Waals surface area contributed by atoms with E-state index in [0.29, 0.717) is 6.04 Å². The summed E-state index contributed by atoms with van der Waals surface area (Å²) in [5.74, 6) is 0. The van der Waals surface area contributed by atoms with E-state index in [2.05, 4.69) is 23.9 Å². The van der Waals surface area contributed by atoms with Gasteiger partial charge in [-0.1, -0.05) is 6.58 Å². The Bertz CT molecular complexity index is 283. The second-order valence-corrected chi connectivity index (χ2v) is 3.25. The van der Waals surface area contributed by atoms with Crippen molar-refractivity contribution in [2.75, 3.05) is 13.7 Å². The monoisotopic (exact) mass is 195 g/mol. The predicted molar refractivity (Wildman–Crippen MR) is 56.8 cm³/mol. The van der Waals surface area contributed by atoms with Crippen molar-refractivity contribution in [3.63, 3.8) is 0 Å². The Morgan fingerprint density at radius 3 is 3.14 bits per heavy atom. The summed E-state index contributed by atoms with van der Waals surface area (Å²) in [6.07, 6.45) is 5.44. The van der Waals surface area contributed by atoms with Gasteiger partial charge in [0.15, 0.2) is 0 Å². The summed E-state index contributed by atoms with van der Waals surface area (Å²) < 4.78 is 6.71. The summed E-state index contributed by atoms with van der Waals surface area (Å²) in [5.41, 5.74) is 1.15. The Morgan fingerprint density at radius 1 is 1.79 bits per heavy atom. The van der Waals surface area contributed by atoms with Crippen LogP contribution in [0.1, 0.15) is 12.5 Å². The maximum atomic E-state index is 5.02. The molecule has 1 N–H and O–H groups in total. The van der Waals surface area contributed by atoms with E-state index in [9.17, 15) is 0 Å². The van der Waals surface area contributed by atoms with Crippen LogP contribution in [-0.2, 0) is 11.3 Å². The van der Waals surface area contributed by atoms with Crippen LogP contribution in [0.4, 0.5) is 0 Å². The third-order valence-corrected chi connectivity index (χ3v) is 1.91. The molecule has 0 aliphatic rings. The molecule has 1 rings (SSSR count). The summed E-state index contributed by atoms with van der Waals surface area (Å²) in [7, 11) is 1.70.